The van der Waals surface area contributed by atoms with E-state index < -0.39 is 0 Å². The lowest BCUT2D eigenvalue weighted by Crippen LogP contribution is -2.23. The second-order valence-electron chi connectivity index (χ2n) is 5.06. The Balaban J connectivity index is 2.23. The maximum atomic E-state index is 4.58. The lowest BCUT2D eigenvalue weighted by atomic mass is 9.97. The Labute approximate surface area is 119 Å². The van der Waals surface area contributed by atoms with Gasteiger partial charge in [-0.1, -0.05) is 30.7 Å². The monoisotopic (exact) mass is 274 g/mol. The Morgan fingerprint density at radius 3 is 2.63 bits per heavy atom. The minimum absolute atomic E-state index is 0.358. The summed E-state index contributed by atoms with van der Waals surface area (Å²) in [4.78, 5) is 4.58. The molecule has 2 aromatic rings. The van der Waals surface area contributed by atoms with Gasteiger partial charge in [-0.15, -0.1) is 11.3 Å². The van der Waals surface area contributed by atoms with Crippen molar-refractivity contribution in [3.8, 4) is 0 Å². The van der Waals surface area contributed by atoms with E-state index in [4.69, 9.17) is 0 Å². The average molecular weight is 274 g/mol. The molecule has 0 saturated heterocycles. The van der Waals surface area contributed by atoms with E-state index in [0.717, 1.165) is 18.7 Å². The number of nitrogens with zero attached hydrogens (tertiary/aromatic N) is 1. The van der Waals surface area contributed by atoms with Crippen LogP contribution in [-0.4, -0.2) is 11.5 Å². The molecule has 1 heterocycles. The SMILES string of the molecule is CCNC(Cc1nc(C)cs1)c1ccc(C)cc1C. The normalized spacial score (nSPS) is 12.6. The van der Waals surface area contributed by atoms with E-state index in [-0.39, 0.29) is 0 Å². The Morgan fingerprint density at radius 2 is 2.05 bits per heavy atom. The molecule has 1 atom stereocenters. The standard InChI is InChI=1S/C16H22N2S/c1-5-17-15(9-16-18-13(4)10-19-16)14-7-6-11(2)8-12(14)3/h6-8,10,15,17H,5,9H2,1-4H3. The maximum absolute atomic E-state index is 4.58. The maximum Gasteiger partial charge on any atom is 0.0947 e. The first-order valence-corrected chi connectivity index (χ1v) is 7.69. The number of nitrogens with one attached hydrogen (secondary N) is 1. The average Bonchev–Trinajstić information content (AvgIpc) is 2.74. The van der Waals surface area contributed by atoms with Gasteiger partial charge in [-0.05, 0) is 38.4 Å². The second-order valence-corrected chi connectivity index (χ2v) is 6.00. The highest BCUT2D eigenvalue weighted by atomic mass is 32.1. The first-order valence-electron chi connectivity index (χ1n) is 6.81. The zero-order valence-corrected chi connectivity index (χ0v) is 13.0. The number of thiazole rings is 1. The Morgan fingerprint density at radius 1 is 1.26 bits per heavy atom. The summed E-state index contributed by atoms with van der Waals surface area (Å²) < 4.78 is 0. The van der Waals surface area contributed by atoms with Crippen molar-refractivity contribution in [1.82, 2.24) is 10.3 Å². The van der Waals surface area contributed by atoms with E-state index in [9.17, 15) is 0 Å². The van der Waals surface area contributed by atoms with Gasteiger partial charge in [0.1, 0.15) is 0 Å². The lowest BCUT2D eigenvalue weighted by molar-refractivity contribution is 0.546. The molecule has 0 saturated carbocycles. The molecule has 19 heavy (non-hydrogen) atoms. The summed E-state index contributed by atoms with van der Waals surface area (Å²) in [6, 6.07) is 7.06. The van der Waals surface area contributed by atoms with Crippen molar-refractivity contribution in [3.63, 3.8) is 0 Å². The highest BCUT2D eigenvalue weighted by Gasteiger charge is 2.15. The molecule has 102 valence electrons. The van der Waals surface area contributed by atoms with Gasteiger partial charge in [0.15, 0.2) is 0 Å². The van der Waals surface area contributed by atoms with Crippen molar-refractivity contribution in [1.29, 1.82) is 0 Å². The largest absolute Gasteiger partial charge is 0.310 e. The van der Waals surface area contributed by atoms with Crippen molar-refractivity contribution >= 4 is 11.3 Å². The van der Waals surface area contributed by atoms with Crippen LogP contribution in [0.2, 0.25) is 0 Å². The fourth-order valence-corrected chi connectivity index (χ4v) is 3.25. The minimum atomic E-state index is 0.358. The second kappa shape index (κ2) is 6.31. The van der Waals surface area contributed by atoms with Crippen molar-refractivity contribution in [2.24, 2.45) is 0 Å². The third kappa shape index (κ3) is 3.64. The molecular weight excluding hydrogens is 252 g/mol. The third-order valence-electron chi connectivity index (χ3n) is 3.30. The van der Waals surface area contributed by atoms with Gasteiger partial charge in [-0.2, -0.15) is 0 Å². The van der Waals surface area contributed by atoms with E-state index in [1.54, 1.807) is 11.3 Å². The molecule has 2 rings (SSSR count). The van der Waals surface area contributed by atoms with Gasteiger partial charge < -0.3 is 5.32 Å². The molecule has 0 radical (unpaired) electrons. The lowest BCUT2D eigenvalue weighted by Gasteiger charge is -2.19. The Hall–Kier alpha value is -1.19. The highest BCUT2D eigenvalue weighted by Crippen LogP contribution is 2.24. The quantitative estimate of drug-likeness (QED) is 0.892. The van der Waals surface area contributed by atoms with Gasteiger partial charge in [0.25, 0.3) is 0 Å². The van der Waals surface area contributed by atoms with Crippen LogP contribution in [0.5, 0.6) is 0 Å². The molecule has 0 fully saturated rings. The zero-order valence-electron chi connectivity index (χ0n) is 12.2. The molecule has 0 aliphatic rings. The number of hydrogen-bond acceptors (Lipinski definition) is 3. The number of aromatic nitrogens is 1. The molecular formula is C16H22N2S. The summed E-state index contributed by atoms with van der Waals surface area (Å²) in [6.07, 6.45) is 0.968. The predicted molar refractivity (Wildman–Crippen MR) is 82.9 cm³/mol. The molecule has 0 spiro atoms. The summed E-state index contributed by atoms with van der Waals surface area (Å²) >= 11 is 1.76. The third-order valence-corrected chi connectivity index (χ3v) is 4.29. The van der Waals surface area contributed by atoms with Crippen LogP contribution in [0.3, 0.4) is 0 Å². The number of rotatable bonds is 5. The van der Waals surface area contributed by atoms with Gasteiger partial charge in [-0.3, -0.25) is 0 Å². The molecule has 2 nitrogen and oxygen atoms in total. The van der Waals surface area contributed by atoms with Crippen LogP contribution in [-0.2, 0) is 6.42 Å². The molecule has 1 N–H and O–H groups in total. The predicted octanol–water partition coefficient (Wildman–Crippen LogP) is 3.96. The first-order chi connectivity index (χ1) is 9.10. The van der Waals surface area contributed by atoms with Crippen LogP contribution in [0.25, 0.3) is 0 Å². The van der Waals surface area contributed by atoms with E-state index in [0.29, 0.717) is 6.04 Å². The number of benzene rings is 1. The topological polar surface area (TPSA) is 24.9 Å². The first kappa shape index (κ1) is 14.2. The molecule has 0 amide bonds. The smallest absolute Gasteiger partial charge is 0.0947 e. The summed E-state index contributed by atoms with van der Waals surface area (Å²) in [7, 11) is 0. The van der Waals surface area contributed by atoms with Gasteiger partial charge in [-0.25, -0.2) is 4.98 Å². The summed E-state index contributed by atoms with van der Waals surface area (Å²) in [6.45, 7) is 9.52. The van der Waals surface area contributed by atoms with E-state index in [1.165, 1.54) is 21.7 Å². The van der Waals surface area contributed by atoms with Crippen LogP contribution >= 0.6 is 11.3 Å². The van der Waals surface area contributed by atoms with Crippen LogP contribution in [0.1, 0.15) is 40.4 Å². The van der Waals surface area contributed by atoms with Crippen molar-refractivity contribution in [2.75, 3.05) is 6.54 Å². The number of hydrogen-bond donors (Lipinski definition) is 1. The van der Waals surface area contributed by atoms with Gasteiger partial charge in [0.05, 0.1) is 5.01 Å². The van der Waals surface area contributed by atoms with Crippen LogP contribution in [0.15, 0.2) is 23.6 Å². The minimum Gasteiger partial charge on any atom is -0.310 e. The molecule has 3 heteroatoms. The Bertz CT molecular complexity index is 545. The zero-order chi connectivity index (χ0) is 13.8. The van der Waals surface area contributed by atoms with Crippen molar-refractivity contribution < 1.29 is 0 Å². The molecule has 0 aliphatic heterocycles. The number of likely N-dealkylation sites (N-methyl/N-ethyl adjacent to an activating group) is 1. The molecule has 1 aromatic heterocycles. The van der Waals surface area contributed by atoms with E-state index in [2.05, 4.69) is 61.6 Å². The molecule has 1 unspecified atom stereocenters. The summed E-state index contributed by atoms with van der Waals surface area (Å²) in [5.41, 5.74) is 5.19. The summed E-state index contributed by atoms with van der Waals surface area (Å²) in [5, 5.41) is 6.92. The fraction of sp³-hybridized carbons (Fsp3) is 0.438. The van der Waals surface area contributed by atoms with Crippen LogP contribution in [0, 0.1) is 20.8 Å². The van der Waals surface area contributed by atoms with Gasteiger partial charge in [0, 0.05) is 23.5 Å². The molecule has 0 aliphatic carbocycles. The summed E-state index contributed by atoms with van der Waals surface area (Å²) in [5.74, 6) is 0. The number of aryl methyl sites for hydroxylation is 3. The highest BCUT2D eigenvalue weighted by molar-refractivity contribution is 7.09. The molecule has 1 aromatic carbocycles. The Kier molecular flexibility index (Phi) is 4.72. The van der Waals surface area contributed by atoms with Crippen molar-refractivity contribution in [2.45, 2.75) is 40.2 Å². The van der Waals surface area contributed by atoms with Crippen LogP contribution in [0.4, 0.5) is 0 Å². The fourth-order valence-electron chi connectivity index (χ4n) is 2.43. The van der Waals surface area contributed by atoms with Crippen molar-refractivity contribution in [3.05, 3.63) is 51.0 Å². The van der Waals surface area contributed by atoms with E-state index in [1.807, 2.05) is 0 Å². The van der Waals surface area contributed by atoms with Crippen LogP contribution < -0.4 is 5.32 Å². The van der Waals surface area contributed by atoms with Gasteiger partial charge in [0.2, 0.25) is 0 Å². The van der Waals surface area contributed by atoms with E-state index >= 15 is 0 Å². The van der Waals surface area contributed by atoms with Gasteiger partial charge >= 0.3 is 0 Å². The molecule has 0 bridgehead atoms.